The fourth-order valence-electron chi connectivity index (χ4n) is 3.74. The molecule has 2 aliphatic heterocycles. The van der Waals surface area contributed by atoms with Gasteiger partial charge in [0.1, 0.15) is 0 Å². The van der Waals surface area contributed by atoms with Gasteiger partial charge in [0.15, 0.2) is 0 Å². The van der Waals surface area contributed by atoms with Crippen LogP contribution in [0.3, 0.4) is 0 Å². The third-order valence-corrected chi connectivity index (χ3v) is 5.29. The molecule has 0 aromatic carbocycles. The van der Waals surface area contributed by atoms with E-state index >= 15 is 0 Å². The van der Waals surface area contributed by atoms with Gasteiger partial charge in [0.05, 0.1) is 5.92 Å². The molecule has 2 unspecified atom stereocenters. The zero-order valence-electron chi connectivity index (χ0n) is 15.2. The van der Waals surface area contributed by atoms with Gasteiger partial charge in [-0.15, -0.1) is 0 Å². The molecule has 5 heteroatoms. The SMILES string of the molecule is CC(N)C1CCN(C(=O)C2CCCN(C(=O)C(C)(C)C)C2)CC1. The molecule has 2 rings (SSSR count). The van der Waals surface area contributed by atoms with Gasteiger partial charge in [-0.2, -0.15) is 0 Å². The van der Waals surface area contributed by atoms with Crippen LogP contribution in [0.15, 0.2) is 0 Å². The molecule has 2 N–H and O–H groups in total. The number of piperidine rings is 2. The third-order valence-electron chi connectivity index (χ3n) is 5.29. The summed E-state index contributed by atoms with van der Waals surface area (Å²) in [6.07, 6.45) is 3.83. The number of likely N-dealkylation sites (tertiary alicyclic amines) is 2. The highest BCUT2D eigenvalue weighted by atomic mass is 16.2. The summed E-state index contributed by atoms with van der Waals surface area (Å²) >= 11 is 0. The smallest absolute Gasteiger partial charge is 0.227 e. The molecule has 0 radical (unpaired) electrons. The summed E-state index contributed by atoms with van der Waals surface area (Å²) in [6.45, 7) is 10.9. The minimum Gasteiger partial charge on any atom is -0.342 e. The lowest BCUT2D eigenvalue weighted by Gasteiger charge is -2.39. The van der Waals surface area contributed by atoms with Gasteiger partial charge in [-0.1, -0.05) is 20.8 Å². The average Bonchev–Trinajstić information content (AvgIpc) is 2.52. The van der Waals surface area contributed by atoms with Crippen molar-refractivity contribution in [3.8, 4) is 0 Å². The number of rotatable bonds is 2. The van der Waals surface area contributed by atoms with Crippen molar-refractivity contribution in [3.63, 3.8) is 0 Å². The van der Waals surface area contributed by atoms with Gasteiger partial charge in [0.2, 0.25) is 11.8 Å². The van der Waals surface area contributed by atoms with Gasteiger partial charge in [0.25, 0.3) is 0 Å². The maximum atomic E-state index is 12.8. The molecule has 2 fully saturated rings. The zero-order valence-corrected chi connectivity index (χ0v) is 15.2. The minimum absolute atomic E-state index is 0.0260. The molecule has 2 saturated heterocycles. The fraction of sp³-hybridized carbons (Fsp3) is 0.889. The van der Waals surface area contributed by atoms with Crippen molar-refractivity contribution in [3.05, 3.63) is 0 Å². The molecule has 0 spiro atoms. The Kier molecular flexibility index (Phi) is 5.71. The van der Waals surface area contributed by atoms with E-state index in [1.807, 2.05) is 30.6 Å². The van der Waals surface area contributed by atoms with E-state index < -0.39 is 0 Å². The summed E-state index contributed by atoms with van der Waals surface area (Å²) in [6, 6.07) is 0.210. The topological polar surface area (TPSA) is 66.6 Å². The van der Waals surface area contributed by atoms with E-state index in [0.29, 0.717) is 12.5 Å². The fourth-order valence-corrected chi connectivity index (χ4v) is 3.74. The van der Waals surface area contributed by atoms with Gasteiger partial charge in [-0.25, -0.2) is 0 Å². The molecular weight excluding hydrogens is 290 g/mol. The highest BCUT2D eigenvalue weighted by Crippen LogP contribution is 2.26. The molecule has 0 bridgehead atoms. The molecular formula is C18H33N3O2. The van der Waals surface area contributed by atoms with E-state index in [2.05, 4.69) is 6.92 Å². The molecule has 0 aromatic rings. The molecule has 132 valence electrons. The summed E-state index contributed by atoms with van der Waals surface area (Å²) in [5.74, 6) is 0.900. The first-order valence-corrected chi connectivity index (χ1v) is 9.04. The van der Waals surface area contributed by atoms with Crippen LogP contribution < -0.4 is 5.73 Å². The molecule has 0 aliphatic carbocycles. The largest absolute Gasteiger partial charge is 0.342 e. The number of hydrogen-bond acceptors (Lipinski definition) is 3. The first-order valence-electron chi connectivity index (χ1n) is 9.04. The van der Waals surface area contributed by atoms with Crippen LogP contribution in [0.1, 0.15) is 53.4 Å². The first-order chi connectivity index (χ1) is 10.7. The Labute approximate surface area is 140 Å². The second-order valence-electron chi connectivity index (χ2n) is 8.36. The van der Waals surface area contributed by atoms with Crippen LogP contribution in [0.25, 0.3) is 0 Å². The first kappa shape index (κ1) is 18.2. The third kappa shape index (κ3) is 4.46. The lowest BCUT2D eigenvalue weighted by atomic mass is 9.88. The quantitative estimate of drug-likeness (QED) is 0.843. The number of amides is 2. The molecule has 0 aromatic heterocycles. The Balaban J connectivity index is 1.91. The lowest BCUT2D eigenvalue weighted by Crippen LogP contribution is -2.51. The number of carbonyl (C=O) groups is 2. The molecule has 5 nitrogen and oxygen atoms in total. The average molecular weight is 323 g/mol. The molecule has 2 amide bonds. The second kappa shape index (κ2) is 7.20. The van der Waals surface area contributed by atoms with Gasteiger partial charge in [0, 0.05) is 37.6 Å². The van der Waals surface area contributed by atoms with E-state index in [-0.39, 0.29) is 29.2 Å². The molecule has 2 heterocycles. The maximum absolute atomic E-state index is 12.8. The summed E-state index contributed by atoms with van der Waals surface area (Å²) in [7, 11) is 0. The molecule has 2 aliphatic rings. The Morgan fingerprint density at radius 3 is 2.17 bits per heavy atom. The van der Waals surface area contributed by atoms with Crippen molar-refractivity contribution in [2.45, 2.75) is 59.4 Å². The van der Waals surface area contributed by atoms with Gasteiger partial charge >= 0.3 is 0 Å². The van der Waals surface area contributed by atoms with E-state index in [1.54, 1.807) is 0 Å². The van der Waals surface area contributed by atoms with Gasteiger partial charge in [-0.3, -0.25) is 9.59 Å². The monoisotopic (exact) mass is 323 g/mol. The van der Waals surface area contributed by atoms with Gasteiger partial charge in [-0.05, 0) is 38.5 Å². The van der Waals surface area contributed by atoms with Crippen molar-refractivity contribution >= 4 is 11.8 Å². The highest BCUT2D eigenvalue weighted by Gasteiger charge is 2.36. The van der Waals surface area contributed by atoms with Crippen LogP contribution in [-0.2, 0) is 9.59 Å². The summed E-state index contributed by atoms with van der Waals surface area (Å²) in [4.78, 5) is 29.2. The Bertz CT molecular complexity index is 434. The van der Waals surface area contributed by atoms with Crippen LogP contribution in [0.4, 0.5) is 0 Å². The van der Waals surface area contributed by atoms with Crippen molar-refractivity contribution in [2.75, 3.05) is 26.2 Å². The normalized spacial score (nSPS) is 25.3. The lowest BCUT2D eigenvalue weighted by molar-refractivity contribution is -0.146. The van der Waals surface area contributed by atoms with Crippen molar-refractivity contribution in [1.82, 2.24) is 9.80 Å². The number of nitrogens with zero attached hydrogens (tertiary/aromatic N) is 2. The van der Waals surface area contributed by atoms with E-state index in [0.717, 1.165) is 45.3 Å². The van der Waals surface area contributed by atoms with E-state index in [4.69, 9.17) is 5.73 Å². The second-order valence-corrected chi connectivity index (χ2v) is 8.36. The van der Waals surface area contributed by atoms with Crippen LogP contribution in [-0.4, -0.2) is 53.8 Å². The van der Waals surface area contributed by atoms with Crippen molar-refractivity contribution in [1.29, 1.82) is 0 Å². The Morgan fingerprint density at radius 2 is 1.65 bits per heavy atom. The number of hydrogen-bond donors (Lipinski definition) is 1. The summed E-state index contributed by atoms with van der Waals surface area (Å²) in [5.41, 5.74) is 5.60. The van der Waals surface area contributed by atoms with E-state index in [9.17, 15) is 9.59 Å². The Morgan fingerprint density at radius 1 is 1.04 bits per heavy atom. The predicted octanol–water partition coefficient (Wildman–Crippen LogP) is 1.86. The highest BCUT2D eigenvalue weighted by molar-refractivity contribution is 5.84. The van der Waals surface area contributed by atoms with Crippen molar-refractivity contribution < 1.29 is 9.59 Å². The summed E-state index contributed by atoms with van der Waals surface area (Å²) in [5, 5.41) is 0. The van der Waals surface area contributed by atoms with Crippen LogP contribution in [0.5, 0.6) is 0 Å². The molecule has 2 atom stereocenters. The molecule has 0 saturated carbocycles. The van der Waals surface area contributed by atoms with Crippen LogP contribution in [0, 0.1) is 17.3 Å². The Hall–Kier alpha value is -1.10. The number of nitrogens with two attached hydrogens (primary N) is 1. The van der Waals surface area contributed by atoms with Gasteiger partial charge < -0.3 is 15.5 Å². The van der Waals surface area contributed by atoms with Crippen LogP contribution in [0.2, 0.25) is 0 Å². The maximum Gasteiger partial charge on any atom is 0.227 e. The zero-order chi connectivity index (χ0) is 17.2. The minimum atomic E-state index is -0.374. The van der Waals surface area contributed by atoms with Crippen LogP contribution >= 0.6 is 0 Å². The summed E-state index contributed by atoms with van der Waals surface area (Å²) < 4.78 is 0. The number of carbonyl (C=O) groups excluding carboxylic acids is 2. The predicted molar refractivity (Wildman–Crippen MR) is 91.7 cm³/mol. The standard InChI is InChI=1S/C18H33N3O2/c1-13(19)14-7-10-20(11-8-14)16(22)15-6-5-9-21(12-15)17(23)18(2,3)4/h13-15H,5-12,19H2,1-4H3. The van der Waals surface area contributed by atoms with Crippen molar-refractivity contribution in [2.24, 2.45) is 23.0 Å². The molecule has 23 heavy (non-hydrogen) atoms. The van der Waals surface area contributed by atoms with E-state index in [1.165, 1.54) is 0 Å².